The zero-order chi connectivity index (χ0) is 15.4. The maximum Gasteiger partial charge on any atom is 0.238 e. The van der Waals surface area contributed by atoms with E-state index in [9.17, 15) is 13.6 Å². The van der Waals surface area contributed by atoms with Crippen LogP contribution >= 0.6 is 0 Å². The van der Waals surface area contributed by atoms with Crippen LogP contribution in [0.1, 0.15) is 6.92 Å². The quantitative estimate of drug-likeness (QED) is 0.869. The summed E-state index contributed by atoms with van der Waals surface area (Å²) in [6.45, 7) is 3.74. The lowest BCUT2D eigenvalue weighted by molar-refractivity contribution is -0.119. The molecule has 1 fully saturated rings. The summed E-state index contributed by atoms with van der Waals surface area (Å²) in [6.07, 6.45) is -0.102. The number of benzene rings is 1. The fourth-order valence-electron chi connectivity index (χ4n) is 2.17. The molecule has 1 aromatic carbocycles. The predicted molar refractivity (Wildman–Crippen MR) is 74.8 cm³/mol. The average molecular weight is 299 g/mol. The monoisotopic (exact) mass is 299 g/mol. The van der Waals surface area contributed by atoms with Crippen molar-refractivity contribution in [2.45, 2.75) is 19.1 Å². The molecule has 1 heterocycles. The van der Waals surface area contributed by atoms with Gasteiger partial charge >= 0.3 is 0 Å². The molecule has 0 spiro atoms. The van der Waals surface area contributed by atoms with Gasteiger partial charge in [0.1, 0.15) is 0 Å². The number of carbonyl (C=O) groups excluding carboxylic acids is 1. The Labute approximate surface area is 122 Å². The Morgan fingerprint density at radius 2 is 2.29 bits per heavy atom. The molecule has 21 heavy (non-hydrogen) atoms. The van der Waals surface area contributed by atoms with E-state index in [4.69, 9.17) is 10.5 Å². The van der Waals surface area contributed by atoms with Crippen molar-refractivity contribution in [2.24, 2.45) is 5.73 Å². The largest absolute Gasteiger partial charge is 0.374 e. The van der Waals surface area contributed by atoms with E-state index in [0.717, 1.165) is 12.1 Å². The van der Waals surface area contributed by atoms with Gasteiger partial charge in [0.05, 0.1) is 19.3 Å². The third kappa shape index (κ3) is 4.45. The highest BCUT2D eigenvalue weighted by atomic mass is 19.2. The number of halogens is 2. The molecule has 0 aliphatic carbocycles. The summed E-state index contributed by atoms with van der Waals surface area (Å²) >= 11 is 0. The van der Waals surface area contributed by atoms with Gasteiger partial charge in [-0.25, -0.2) is 8.78 Å². The van der Waals surface area contributed by atoms with Gasteiger partial charge in [-0.2, -0.15) is 0 Å². The summed E-state index contributed by atoms with van der Waals surface area (Å²) in [4.78, 5) is 13.8. The molecular weight excluding hydrogens is 280 g/mol. The smallest absolute Gasteiger partial charge is 0.238 e. The molecule has 2 atom stereocenters. The first-order valence-corrected chi connectivity index (χ1v) is 6.80. The highest BCUT2D eigenvalue weighted by Gasteiger charge is 2.24. The molecule has 2 rings (SSSR count). The summed E-state index contributed by atoms with van der Waals surface area (Å²) in [6, 6.07) is 3.14. The summed E-state index contributed by atoms with van der Waals surface area (Å²) in [5, 5.41) is 2.54. The van der Waals surface area contributed by atoms with Gasteiger partial charge in [-0.05, 0) is 19.1 Å². The lowest BCUT2D eigenvalue weighted by atomic mass is 10.1. The lowest BCUT2D eigenvalue weighted by Crippen LogP contribution is -2.51. The van der Waals surface area contributed by atoms with Gasteiger partial charge in [-0.15, -0.1) is 0 Å². The molecule has 1 aliphatic rings. The second kappa shape index (κ2) is 6.93. The molecule has 1 saturated heterocycles. The van der Waals surface area contributed by atoms with Crippen LogP contribution in [0.15, 0.2) is 18.2 Å². The van der Waals surface area contributed by atoms with E-state index in [1.807, 2.05) is 11.8 Å². The number of hydrogen-bond donors (Lipinski definition) is 2. The molecule has 1 amide bonds. The third-order valence-electron chi connectivity index (χ3n) is 3.33. The Morgan fingerprint density at radius 3 is 2.95 bits per heavy atom. The Balaban J connectivity index is 1.87. The van der Waals surface area contributed by atoms with Gasteiger partial charge in [-0.3, -0.25) is 9.69 Å². The Morgan fingerprint density at radius 1 is 1.52 bits per heavy atom. The topological polar surface area (TPSA) is 67.6 Å². The van der Waals surface area contributed by atoms with E-state index in [-0.39, 0.29) is 30.3 Å². The minimum Gasteiger partial charge on any atom is -0.374 e. The summed E-state index contributed by atoms with van der Waals surface area (Å²) in [7, 11) is 0. The minimum atomic E-state index is -0.990. The maximum atomic E-state index is 13.1. The minimum absolute atomic E-state index is 0.102. The van der Waals surface area contributed by atoms with Crippen LogP contribution in [0.3, 0.4) is 0 Å². The van der Waals surface area contributed by atoms with Crippen molar-refractivity contribution in [1.29, 1.82) is 0 Å². The van der Waals surface area contributed by atoms with Gasteiger partial charge in [-0.1, -0.05) is 0 Å². The number of rotatable bonds is 4. The van der Waals surface area contributed by atoms with Crippen molar-refractivity contribution in [3.63, 3.8) is 0 Å². The predicted octanol–water partition coefficient (Wildman–Crippen LogP) is 0.951. The average Bonchev–Trinajstić information content (AvgIpc) is 2.43. The number of nitrogens with two attached hydrogens (primary N) is 1. The molecule has 0 radical (unpaired) electrons. The Bertz CT molecular complexity index is 511. The molecule has 0 saturated carbocycles. The van der Waals surface area contributed by atoms with Gasteiger partial charge in [0, 0.05) is 30.9 Å². The van der Waals surface area contributed by atoms with E-state index in [0.29, 0.717) is 19.7 Å². The highest BCUT2D eigenvalue weighted by Crippen LogP contribution is 2.13. The lowest BCUT2D eigenvalue weighted by Gasteiger charge is -2.34. The first-order valence-electron chi connectivity index (χ1n) is 6.80. The molecule has 0 aromatic heterocycles. The molecule has 5 nitrogen and oxygen atoms in total. The van der Waals surface area contributed by atoms with Crippen LogP contribution in [0.25, 0.3) is 0 Å². The number of ether oxygens (including phenoxy) is 1. The van der Waals surface area contributed by atoms with Crippen LogP contribution in [-0.2, 0) is 9.53 Å². The number of carbonyl (C=O) groups is 1. The van der Waals surface area contributed by atoms with Gasteiger partial charge < -0.3 is 15.8 Å². The number of nitrogens with one attached hydrogen (secondary N) is 1. The van der Waals surface area contributed by atoms with Gasteiger partial charge in [0.15, 0.2) is 11.6 Å². The van der Waals surface area contributed by atoms with Crippen molar-refractivity contribution in [3.05, 3.63) is 29.8 Å². The van der Waals surface area contributed by atoms with Crippen LogP contribution in [0.2, 0.25) is 0 Å². The van der Waals surface area contributed by atoms with Crippen molar-refractivity contribution >= 4 is 11.6 Å². The molecule has 3 N–H and O–H groups in total. The number of hydrogen-bond acceptors (Lipinski definition) is 4. The summed E-state index contributed by atoms with van der Waals surface area (Å²) < 4.78 is 31.4. The van der Waals surface area contributed by atoms with E-state index in [1.54, 1.807) is 0 Å². The second-order valence-corrected chi connectivity index (χ2v) is 5.18. The van der Waals surface area contributed by atoms with E-state index in [2.05, 4.69) is 5.32 Å². The Kier molecular flexibility index (Phi) is 5.22. The molecule has 116 valence electrons. The van der Waals surface area contributed by atoms with Gasteiger partial charge in [0.25, 0.3) is 0 Å². The number of morpholine rings is 1. The van der Waals surface area contributed by atoms with Gasteiger partial charge in [0.2, 0.25) is 5.91 Å². The molecular formula is C14H19F2N3O2. The standard InChI is InChI=1S/C14H19F2N3O2/c1-9(17)13-7-19(4-5-21-13)8-14(20)18-10-2-3-11(15)12(16)6-10/h2-3,6,9,13H,4-5,7-8,17H2,1H3,(H,18,20). The zero-order valence-corrected chi connectivity index (χ0v) is 11.8. The van der Waals surface area contributed by atoms with Crippen LogP contribution < -0.4 is 11.1 Å². The zero-order valence-electron chi connectivity index (χ0n) is 11.8. The normalized spacial score (nSPS) is 21.0. The summed E-state index contributed by atoms with van der Waals surface area (Å²) in [5.41, 5.74) is 6.02. The SMILES string of the molecule is CC(N)C1CN(CC(=O)Nc2ccc(F)c(F)c2)CCO1. The molecule has 0 bridgehead atoms. The maximum absolute atomic E-state index is 13.1. The highest BCUT2D eigenvalue weighted by molar-refractivity contribution is 5.92. The molecule has 7 heteroatoms. The van der Waals surface area contributed by atoms with Crippen LogP contribution in [0.5, 0.6) is 0 Å². The fourth-order valence-corrected chi connectivity index (χ4v) is 2.17. The number of amides is 1. The molecule has 2 unspecified atom stereocenters. The van der Waals surface area contributed by atoms with Crippen molar-refractivity contribution < 1.29 is 18.3 Å². The third-order valence-corrected chi connectivity index (χ3v) is 3.33. The number of anilines is 1. The van der Waals surface area contributed by atoms with Crippen molar-refractivity contribution in [2.75, 3.05) is 31.6 Å². The number of nitrogens with zero attached hydrogens (tertiary/aromatic N) is 1. The van der Waals surface area contributed by atoms with Crippen LogP contribution in [0.4, 0.5) is 14.5 Å². The molecule has 1 aromatic rings. The second-order valence-electron chi connectivity index (χ2n) is 5.18. The fraction of sp³-hybridized carbons (Fsp3) is 0.500. The first kappa shape index (κ1) is 15.8. The van der Waals surface area contributed by atoms with Crippen LogP contribution in [0, 0.1) is 11.6 Å². The van der Waals surface area contributed by atoms with E-state index in [1.165, 1.54) is 6.07 Å². The first-order chi connectivity index (χ1) is 9.95. The molecule has 1 aliphatic heterocycles. The Hall–Kier alpha value is -1.57. The van der Waals surface area contributed by atoms with Crippen LogP contribution in [-0.4, -0.2) is 49.2 Å². The van der Waals surface area contributed by atoms with E-state index < -0.39 is 11.6 Å². The van der Waals surface area contributed by atoms with E-state index >= 15 is 0 Å². The summed E-state index contributed by atoms with van der Waals surface area (Å²) in [5.74, 6) is -2.22. The van der Waals surface area contributed by atoms with Crippen molar-refractivity contribution in [1.82, 2.24) is 4.90 Å². The van der Waals surface area contributed by atoms with Crippen molar-refractivity contribution in [3.8, 4) is 0 Å².